The van der Waals surface area contributed by atoms with Gasteiger partial charge in [0.2, 0.25) is 5.95 Å². The smallest absolute Gasteiger partial charge is 0.213 e. The fourth-order valence-electron chi connectivity index (χ4n) is 1.15. The lowest BCUT2D eigenvalue weighted by atomic mass is 10.3. The molecule has 0 fully saturated rings. The van der Waals surface area contributed by atoms with E-state index in [4.69, 9.17) is 4.74 Å². The van der Waals surface area contributed by atoms with Gasteiger partial charge < -0.3 is 4.74 Å². The van der Waals surface area contributed by atoms with E-state index in [0.717, 1.165) is 10.0 Å². The van der Waals surface area contributed by atoms with Gasteiger partial charge in [0.25, 0.3) is 0 Å². The Morgan fingerprint density at radius 1 is 1.25 bits per heavy atom. The van der Waals surface area contributed by atoms with Gasteiger partial charge in [-0.05, 0) is 34.1 Å². The van der Waals surface area contributed by atoms with Crippen LogP contribution in [0.5, 0.6) is 5.75 Å². The van der Waals surface area contributed by atoms with E-state index in [1.54, 1.807) is 12.4 Å². The summed E-state index contributed by atoms with van der Waals surface area (Å²) < 4.78 is 18.8. The minimum Gasteiger partial charge on any atom is -0.487 e. The highest BCUT2D eigenvalue weighted by Crippen LogP contribution is 2.13. The summed E-state index contributed by atoms with van der Waals surface area (Å²) >= 11 is 3.32. The number of halogens is 2. The third-order valence-corrected chi connectivity index (χ3v) is 2.30. The van der Waals surface area contributed by atoms with Gasteiger partial charge in [0, 0.05) is 22.4 Å². The summed E-state index contributed by atoms with van der Waals surface area (Å²) in [5.74, 6) is 0.0119. The van der Waals surface area contributed by atoms with Gasteiger partial charge in [0.05, 0.1) is 6.20 Å². The maximum atomic E-state index is 12.5. The van der Waals surface area contributed by atoms with Crippen LogP contribution in [0.1, 0.15) is 5.56 Å². The molecule has 2 aromatic heterocycles. The molecule has 0 aromatic carbocycles. The molecule has 0 saturated heterocycles. The number of nitrogens with zero attached hydrogens (tertiary/aromatic N) is 2. The van der Waals surface area contributed by atoms with Crippen molar-refractivity contribution in [3.05, 3.63) is 52.8 Å². The second-order valence-corrected chi connectivity index (χ2v) is 4.03. The summed E-state index contributed by atoms with van der Waals surface area (Å²) in [6.07, 6.45) is 4.76. The fraction of sp³-hybridized carbons (Fsp3) is 0.0909. The van der Waals surface area contributed by atoms with Crippen molar-refractivity contribution in [2.24, 2.45) is 0 Å². The standard InChI is InChI=1S/C11H8BrFN2O/c12-9-3-8(4-14-5-9)7-16-10-1-2-11(13)15-6-10/h1-6H,7H2. The van der Waals surface area contributed by atoms with Crippen LogP contribution in [0.4, 0.5) is 4.39 Å². The van der Waals surface area contributed by atoms with E-state index in [9.17, 15) is 4.39 Å². The highest BCUT2D eigenvalue weighted by Gasteiger charge is 1.98. The van der Waals surface area contributed by atoms with Gasteiger partial charge in [-0.1, -0.05) is 0 Å². The first-order chi connectivity index (χ1) is 7.74. The van der Waals surface area contributed by atoms with Gasteiger partial charge in [-0.3, -0.25) is 4.98 Å². The largest absolute Gasteiger partial charge is 0.487 e. The van der Waals surface area contributed by atoms with Crippen molar-refractivity contribution in [1.82, 2.24) is 9.97 Å². The van der Waals surface area contributed by atoms with Gasteiger partial charge in [-0.25, -0.2) is 4.98 Å². The molecule has 82 valence electrons. The van der Waals surface area contributed by atoms with E-state index >= 15 is 0 Å². The van der Waals surface area contributed by atoms with Crippen LogP contribution in [0.3, 0.4) is 0 Å². The predicted octanol–water partition coefficient (Wildman–Crippen LogP) is 2.96. The van der Waals surface area contributed by atoms with E-state index < -0.39 is 5.95 Å². The van der Waals surface area contributed by atoms with Crippen molar-refractivity contribution in [3.63, 3.8) is 0 Å². The monoisotopic (exact) mass is 282 g/mol. The summed E-state index contributed by atoms with van der Waals surface area (Å²) in [5, 5.41) is 0. The quantitative estimate of drug-likeness (QED) is 0.812. The van der Waals surface area contributed by atoms with E-state index in [2.05, 4.69) is 25.9 Å². The number of ether oxygens (including phenoxy) is 1. The molecule has 2 heterocycles. The topological polar surface area (TPSA) is 35.0 Å². The number of rotatable bonds is 3. The molecular formula is C11H8BrFN2O. The molecule has 5 heteroatoms. The Balaban J connectivity index is 1.99. The van der Waals surface area contributed by atoms with Gasteiger partial charge in [-0.15, -0.1) is 0 Å². The summed E-state index contributed by atoms with van der Waals surface area (Å²) in [5.41, 5.74) is 0.929. The molecule has 0 unspecified atom stereocenters. The molecule has 0 amide bonds. The van der Waals surface area contributed by atoms with Gasteiger partial charge >= 0.3 is 0 Å². The van der Waals surface area contributed by atoms with Crippen LogP contribution in [0.2, 0.25) is 0 Å². The normalized spacial score (nSPS) is 10.1. The lowest BCUT2D eigenvalue weighted by Crippen LogP contribution is -1.96. The molecule has 3 nitrogen and oxygen atoms in total. The van der Waals surface area contributed by atoms with Crippen LogP contribution in [-0.2, 0) is 6.61 Å². The average Bonchev–Trinajstić information content (AvgIpc) is 2.28. The zero-order valence-electron chi connectivity index (χ0n) is 8.23. The van der Waals surface area contributed by atoms with Crippen molar-refractivity contribution in [2.75, 3.05) is 0 Å². The second-order valence-electron chi connectivity index (χ2n) is 3.12. The zero-order valence-corrected chi connectivity index (χ0v) is 9.82. The van der Waals surface area contributed by atoms with Crippen LogP contribution in [0.15, 0.2) is 41.3 Å². The second kappa shape index (κ2) is 5.03. The minimum absolute atomic E-state index is 0.375. The van der Waals surface area contributed by atoms with E-state index in [-0.39, 0.29) is 0 Å². The number of aromatic nitrogens is 2. The highest BCUT2D eigenvalue weighted by atomic mass is 79.9. The van der Waals surface area contributed by atoms with Crippen LogP contribution in [0, 0.1) is 5.95 Å². The lowest BCUT2D eigenvalue weighted by molar-refractivity contribution is 0.303. The summed E-state index contributed by atoms with van der Waals surface area (Å²) in [6, 6.07) is 4.70. The Labute approximate surface area is 100 Å². The van der Waals surface area contributed by atoms with Crippen molar-refractivity contribution in [1.29, 1.82) is 0 Å². The summed E-state index contributed by atoms with van der Waals surface area (Å²) in [4.78, 5) is 7.50. The van der Waals surface area contributed by atoms with Gasteiger partial charge in [-0.2, -0.15) is 4.39 Å². The van der Waals surface area contributed by atoms with Crippen LogP contribution in [-0.4, -0.2) is 9.97 Å². The molecule has 0 spiro atoms. The molecule has 0 saturated carbocycles. The molecule has 2 rings (SSSR count). The van der Waals surface area contributed by atoms with Crippen molar-refractivity contribution < 1.29 is 9.13 Å². The minimum atomic E-state index is -0.517. The Kier molecular flexibility index (Phi) is 3.46. The lowest BCUT2D eigenvalue weighted by Gasteiger charge is -2.05. The molecule has 0 atom stereocenters. The highest BCUT2D eigenvalue weighted by molar-refractivity contribution is 9.10. The SMILES string of the molecule is Fc1ccc(OCc2cncc(Br)c2)cn1. The van der Waals surface area contributed by atoms with Gasteiger partial charge in [0.15, 0.2) is 0 Å². The first-order valence-corrected chi connectivity index (χ1v) is 5.37. The van der Waals surface area contributed by atoms with Gasteiger partial charge in [0.1, 0.15) is 12.4 Å². The Morgan fingerprint density at radius 2 is 2.12 bits per heavy atom. The molecule has 2 aromatic rings. The van der Waals surface area contributed by atoms with Crippen molar-refractivity contribution >= 4 is 15.9 Å². The Bertz CT molecular complexity index is 476. The predicted molar refractivity (Wildman–Crippen MR) is 60.5 cm³/mol. The molecule has 0 aliphatic carbocycles. The number of hydrogen-bond donors (Lipinski definition) is 0. The zero-order chi connectivity index (χ0) is 11.4. The first kappa shape index (κ1) is 11.0. The fourth-order valence-corrected chi connectivity index (χ4v) is 1.56. The molecule has 0 bridgehead atoms. The third kappa shape index (κ3) is 3.00. The van der Waals surface area contributed by atoms with Crippen molar-refractivity contribution in [3.8, 4) is 5.75 Å². The molecule has 0 radical (unpaired) electrons. The molecule has 16 heavy (non-hydrogen) atoms. The van der Waals surface area contributed by atoms with E-state index in [1.807, 2.05) is 6.07 Å². The Hall–Kier alpha value is -1.49. The molecule has 0 aliphatic rings. The van der Waals surface area contributed by atoms with E-state index in [0.29, 0.717) is 12.4 Å². The first-order valence-electron chi connectivity index (χ1n) is 4.58. The maximum absolute atomic E-state index is 12.5. The Morgan fingerprint density at radius 3 is 2.81 bits per heavy atom. The summed E-state index contributed by atoms with van der Waals surface area (Å²) in [6.45, 7) is 0.375. The average molecular weight is 283 g/mol. The van der Waals surface area contributed by atoms with Crippen LogP contribution >= 0.6 is 15.9 Å². The summed E-state index contributed by atoms with van der Waals surface area (Å²) in [7, 11) is 0. The van der Waals surface area contributed by atoms with E-state index in [1.165, 1.54) is 18.3 Å². The van der Waals surface area contributed by atoms with Crippen LogP contribution < -0.4 is 4.74 Å². The number of hydrogen-bond acceptors (Lipinski definition) is 3. The maximum Gasteiger partial charge on any atom is 0.213 e. The third-order valence-electron chi connectivity index (χ3n) is 1.87. The van der Waals surface area contributed by atoms with Crippen molar-refractivity contribution in [2.45, 2.75) is 6.61 Å². The van der Waals surface area contributed by atoms with Crippen LogP contribution in [0.25, 0.3) is 0 Å². The molecular weight excluding hydrogens is 275 g/mol. The molecule has 0 N–H and O–H groups in total. The number of pyridine rings is 2. The molecule has 0 aliphatic heterocycles.